The summed E-state index contributed by atoms with van der Waals surface area (Å²) in [5.74, 6) is -2.19. The van der Waals surface area contributed by atoms with Gasteiger partial charge in [-0.3, -0.25) is 24.1 Å². The van der Waals surface area contributed by atoms with E-state index in [-0.39, 0.29) is 19.4 Å². The molecule has 2 aromatic rings. The largest absolute Gasteiger partial charge is 0.487 e. The second-order valence-corrected chi connectivity index (χ2v) is 17.0. The topological polar surface area (TPSA) is 186 Å². The first-order valence-corrected chi connectivity index (χ1v) is 17.8. The molecular formula is C34H45N5O9S. The Hall–Kier alpha value is -4.40. The summed E-state index contributed by atoms with van der Waals surface area (Å²) in [5, 5.41) is 4.81. The Bertz CT molecular complexity index is 1710. The second-order valence-electron chi connectivity index (χ2n) is 15.0. The van der Waals surface area contributed by atoms with Crippen LogP contribution in [-0.2, 0) is 29.1 Å². The van der Waals surface area contributed by atoms with Crippen LogP contribution in [-0.4, -0.2) is 83.2 Å². The minimum absolute atomic E-state index is 0.0322. The highest BCUT2D eigenvalue weighted by atomic mass is 32.2. The first-order chi connectivity index (χ1) is 22.8. The maximum Gasteiger partial charge on any atom is 0.408 e. The Labute approximate surface area is 286 Å². The number of likely N-dealkylation sites (tertiary alicyclic amines) is 1. The van der Waals surface area contributed by atoms with E-state index >= 15 is 0 Å². The van der Waals surface area contributed by atoms with E-state index in [2.05, 4.69) is 26.9 Å². The Morgan fingerprint density at radius 2 is 1.84 bits per heavy atom. The van der Waals surface area contributed by atoms with Gasteiger partial charge in [0.1, 0.15) is 35.1 Å². The molecule has 2 saturated carbocycles. The van der Waals surface area contributed by atoms with Crippen LogP contribution in [0.3, 0.4) is 0 Å². The van der Waals surface area contributed by atoms with Crippen LogP contribution in [0.1, 0.15) is 67.2 Å². The first-order valence-electron chi connectivity index (χ1n) is 16.3. The lowest BCUT2D eigenvalue weighted by Crippen LogP contribution is -2.60. The molecule has 3 fully saturated rings. The Balaban J connectivity index is 1.41. The van der Waals surface area contributed by atoms with Gasteiger partial charge in [0, 0.05) is 29.7 Å². The predicted octanol–water partition coefficient (Wildman–Crippen LogP) is 3.30. The van der Waals surface area contributed by atoms with Gasteiger partial charge in [-0.1, -0.05) is 26.8 Å². The summed E-state index contributed by atoms with van der Waals surface area (Å²) in [6.45, 7) is 14.2. The molecule has 5 unspecified atom stereocenters. The van der Waals surface area contributed by atoms with E-state index in [1.807, 2.05) is 0 Å². The van der Waals surface area contributed by atoms with Gasteiger partial charge >= 0.3 is 6.09 Å². The fourth-order valence-electron chi connectivity index (χ4n) is 5.90. The molecule has 1 saturated heterocycles. The van der Waals surface area contributed by atoms with Crippen LogP contribution in [0.25, 0.3) is 11.1 Å². The summed E-state index contributed by atoms with van der Waals surface area (Å²) in [6.07, 6.45) is 7.38. The van der Waals surface area contributed by atoms with Crippen molar-refractivity contribution in [3.05, 3.63) is 49.7 Å². The van der Waals surface area contributed by atoms with E-state index in [4.69, 9.17) is 13.9 Å². The van der Waals surface area contributed by atoms with Crippen LogP contribution in [0.15, 0.2) is 54.1 Å². The summed E-state index contributed by atoms with van der Waals surface area (Å²) in [7, 11) is -3.89. The lowest BCUT2D eigenvalue weighted by atomic mass is 9.85. The molecule has 3 N–H and O–H groups in total. The average molecular weight is 700 g/mol. The smallest absolute Gasteiger partial charge is 0.408 e. The molecule has 3 heterocycles. The number of aromatic nitrogens is 1. The molecule has 15 heteroatoms. The molecule has 4 amide bonds. The molecule has 0 spiro atoms. The van der Waals surface area contributed by atoms with Crippen LogP contribution in [0.2, 0.25) is 0 Å². The van der Waals surface area contributed by atoms with Gasteiger partial charge in [0.2, 0.25) is 21.8 Å². The maximum atomic E-state index is 14.3. The quantitative estimate of drug-likeness (QED) is 0.294. The van der Waals surface area contributed by atoms with Gasteiger partial charge in [0.15, 0.2) is 0 Å². The number of hydrogen-bond donors (Lipinski definition) is 3. The van der Waals surface area contributed by atoms with Gasteiger partial charge in [-0.05, 0) is 57.6 Å². The monoisotopic (exact) mass is 699 g/mol. The Kier molecular flexibility index (Phi) is 9.63. The predicted molar refractivity (Wildman–Crippen MR) is 178 cm³/mol. The number of nitrogens with zero attached hydrogens (tertiary/aromatic N) is 2. The van der Waals surface area contributed by atoms with Crippen molar-refractivity contribution in [1.82, 2.24) is 25.2 Å². The Morgan fingerprint density at radius 3 is 2.41 bits per heavy atom. The highest BCUT2D eigenvalue weighted by Crippen LogP contribution is 2.45. The number of pyridine rings is 1. The van der Waals surface area contributed by atoms with Crippen molar-refractivity contribution >= 4 is 33.8 Å². The number of nitrogens with one attached hydrogen (secondary N) is 3. The Morgan fingerprint density at radius 1 is 1.12 bits per heavy atom. The molecular weight excluding hydrogens is 654 g/mol. The van der Waals surface area contributed by atoms with E-state index in [1.165, 1.54) is 23.4 Å². The van der Waals surface area contributed by atoms with Crippen LogP contribution in [0.4, 0.5) is 4.79 Å². The number of hydrogen-bond acceptors (Lipinski definition) is 10. The summed E-state index contributed by atoms with van der Waals surface area (Å²) >= 11 is 0. The zero-order valence-corrected chi connectivity index (χ0v) is 29.5. The van der Waals surface area contributed by atoms with Crippen molar-refractivity contribution < 1.29 is 41.5 Å². The van der Waals surface area contributed by atoms with Gasteiger partial charge in [0.05, 0.1) is 30.5 Å². The normalized spacial score (nSPS) is 24.4. The minimum Gasteiger partial charge on any atom is -0.487 e. The van der Waals surface area contributed by atoms with Crippen LogP contribution < -0.4 is 20.1 Å². The molecule has 3 aliphatic rings. The lowest BCUT2D eigenvalue weighted by Gasteiger charge is -2.36. The molecule has 2 aliphatic carbocycles. The van der Waals surface area contributed by atoms with E-state index in [0.29, 0.717) is 18.6 Å². The lowest BCUT2D eigenvalue weighted by molar-refractivity contribution is -0.143. The average Bonchev–Trinajstić information content (AvgIpc) is 3.87. The molecule has 1 aliphatic heterocycles. The second kappa shape index (κ2) is 13.1. The molecule has 0 aromatic carbocycles. The van der Waals surface area contributed by atoms with E-state index in [9.17, 15) is 27.6 Å². The number of carbonyl (C=O) groups is 4. The van der Waals surface area contributed by atoms with Gasteiger partial charge in [-0.2, -0.15) is 0 Å². The molecule has 49 heavy (non-hydrogen) atoms. The van der Waals surface area contributed by atoms with Crippen molar-refractivity contribution in [3.8, 4) is 16.9 Å². The van der Waals surface area contributed by atoms with Gasteiger partial charge < -0.3 is 29.4 Å². The first kappa shape index (κ1) is 35.9. The molecule has 266 valence electrons. The van der Waals surface area contributed by atoms with Gasteiger partial charge in [0.25, 0.3) is 5.91 Å². The van der Waals surface area contributed by atoms with Gasteiger partial charge in [-0.25, -0.2) is 13.2 Å². The van der Waals surface area contributed by atoms with Crippen LogP contribution in [0.5, 0.6) is 5.75 Å². The highest BCUT2D eigenvalue weighted by Gasteiger charge is 2.62. The molecule has 0 bridgehead atoms. The zero-order valence-electron chi connectivity index (χ0n) is 28.6. The molecule has 14 nitrogen and oxygen atoms in total. The molecule has 0 radical (unpaired) electrons. The molecule has 5 rings (SSSR count). The molecule has 5 atom stereocenters. The summed E-state index contributed by atoms with van der Waals surface area (Å²) in [4.78, 5) is 60.3. The number of amides is 4. The number of rotatable bonds is 11. The maximum absolute atomic E-state index is 14.3. The van der Waals surface area contributed by atoms with Gasteiger partial charge in [-0.15, -0.1) is 6.58 Å². The van der Waals surface area contributed by atoms with Crippen molar-refractivity contribution in [2.45, 2.75) is 102 Å². The van der Waals surface area contributed by atoms with Crippen molar-refractivity contribution in [2.24, 2.45) is 11.3 Å². The number of sulfonamides is 1. The van der Waals surface area contributed by atoms with Crippen molar-refractivity contribution in [3.63, 3.8) is 0 Å². The van der Waals surface area contributed by atoms with E-state index < -0.39 is 79.7 Å². The third-order valence-electron chi connectivity index (χ3n) is 8.74. The summed E-state index contributed by atoms with van der Waals surface area (Å²) in [6, 6.07) is 1.30. The number of ether oxygens (including phenoxy) is 2. The zero-order chi connectivity index (χ0) is 35.9. The number of furan rings is 1. The summed E-state index contributed by atoms with van der Waals surface area (Å²) in [5.41, 5.74) is -1.65. The standard InChI is InChI=1S/C34H45N5O9S/c1-8-22-15-34(22,30(42)38-49(44,45)25-9-10-25)37-28(40)26-14-24(47-23-13-21(16-35-17-23)20-11-12-46-19-20)18-39(26)29(41)27(32(2,3)4)36-31(43)48-33(5,6)7/h8,11-13,16-17,19,22,24-27H,1,9-10,14-15,18H2,2-7H3,(H,36,43)(H,37,40)(H,38,42). The van der Waals surface area contributed by atoms with Crippen LogP contribution in [0, 0.1) is 11.3 Å². The van der Waals surface area contributed by atoms with Crippen molar-refractivity contribution in [2.75, 3.05) is 6.54 Å². The van der Waals surface area contributed by atoms with Crippen molar-refractivity contribution in [1.29, 1.82) is 0 Å². The highest BCUT2D eigenvalue weighted by molar-refractivity contribution is 7.91. The fourth-order valence-corrected chi connectivity index (χ4v) is 7.26. The third-order valence-corrected chi connectivity index (χ3v) is 10.6. The van der Waals surface area contributed by atoms with Crippen LogP contribution >= 0.6 is 0 Å². The minimum atomic E-state index is -3.89. The third kappa shape index (κ3) is 8.26. The SMILES string of the molecule is C=CC1CC1(NC(=O)C1CC(Oc2cncc(-c3ccoc3)c2)CN1C(=O)C(NC(=O)OC(C)(C)C)C(C)(C)C)C(=O)NS(=O)(=O)C1CC1. The number of carbonyl (C=O) groups excluding carboxylic acids is 4. The fraction of sp³-hybridized carbons (Fsp3) is 0.559. The molecule has 2 aromatic heterocycles. The number of alkyl carbamates (subject to hydrolysis) is 1. The van der Waals surface area contributed by atoms with E-state index in [0.717, 1.165) is 11.1 Å². The summed E-state index contributed by atoms with van der Waals surface area (Å²) < 4.78 is 44.3. The van der Waals surface area contributed by atoms with E-state index in [1.54, 1.807) is 66.1 Å².